The van der Waals surface area contributed by atoms with Crippen LogP contribution in [0.5, 0.6) is 5.75 Å². The van der Waals surface area contributed by atoms with Crippen LogP contribution in [0.25, 0.3) is 0 Å². The van der Waals surface area contributed by atoms with Crippen LogP contribution in [0.1, 0.15) is 38.6 Å². The van der Waals surface area contributed by atoms with Crippen molar-refractivity contribution in [1.29, 1.82) is 0 Å². The molecule has 4 heterocycles. The minimum atomic E-state index is -4.57. The van der Waals surface area contributed by atoms with Gasteiger partial charge in [-0.1, -0.05) is 53.9 Å². The van der Waals surface area contributed by atoms with Crippen LogP contribution in [0.2, 0.25) is 5.15 Å². The van der Waals surface area contributed by atoms with Gasteiger partial charge in [-0.15, -0.1) is 0 Å². The van der Waals surface area contributed by atoms with Gasteiger partial charge < -0.3 is 14.5 Å². The fourth-order valence-corrected chi connectivity index (χ4v) is 5.37. The van der Waals surface area contributed by atoms with Gasteiger partial charge in [0, 0.05) is 24.7 Å². The van der Waals surface area contributed by atoms with Gasteiger partial charge in [0.25, 0.3) is 11.8 Å². The van der Waals surface area contributed by atoms with Gasteiger partial charge in [-0.25, -0.2) is 9.67 Å². The number of amides is 2. The molecule has 0 bridgehead atoms. The topological polar surface area (TPSA) is 80.6 Å². The summed E-state index contributed by atoms with van der Waals surface area (Å²) in [6, 6.07) is 17.1. The summed E-state index contributed by atoms with van der Waals surface area (Å²) in [6.07, 6.45) is -4.15. The van der Waals surface area contributed by atoms with E-state index in [0.717, 1.165) is 11.6 Å². The maximum absolute atomic E-state index is 13.6. The Morgan fingerprint density at radius 1 is 1.05 bits per heavy atom. The highest BCUT2D eigenvalue weighted by molar-refractivity contribution is 6.31. The molecule has 0 spiro atoms. The van der Waals surface area contributed by atoms with Crippen LogP contribution in [0.4, 0.5) is 18.9 Å². The molecule has 0 saturated heterocycles. The maximum atomic E-state index is 13.6. The molecule has 1 unspecified atom stereocenters. The first-order chi connectivity index (χ1) is 20.6. The predicted molar refractivity (Wildman–Crippen MR) is 152 cm³/mol. The molecule has 2 aromatic carbocycles. The van der Waals surface area contributed by atoms with E-state index in [1.807, 2.05) is 30.3 Å². The third kappa shape index (κ3) is 5.53. The first kappa shape index (κ1) is 28.3. The Bertz CT molecular complexity index is 1800. The fraction of sp³-hybridized carbons (Fsp3) is 0.226. The number of halogens is 4. The molecular weight excluding hydrogens is 583 g/mol. The SMILES string of the molecule is CN1C(=O)C(N2CCc3c(nn(Cc4ccccc4)c3Cl)C2=O)COc2cc(C#Cc3cccc(C(F)(F)F)n3)ccc21. The minimum absolute atomic E-state index is 0.0349. The van der Waals surface area contributed by atoms with Crippen LogP contribution in [0, 0.1) is 11.8 Å². The smallest absolute Gasteiger partial charge is 0.433 e. The molecule has 0 fully saturated rings. The van der Waals surface area contributed by atoms with Crippen LogP contribution < -0.4 is 9.64 Å². The first-order valence-electron chi connectivity index (χ1n) is 13.3. The van der Waals surface area contributed by atoms with Crippen molar-refractivity contribution in [2.45, 2.75) is 25.2 Å². The molecule has 0 aliphatic carbocycles. The van der Waals surface area contributed by atoms with Gasteiger partial charge in [0.1, 0.15) is 34.9 Å². The highest BCUT2D eigenvalue weighted by Crippen LogP contribution is 2.34. The Labute approximate surface area is 249 Å². The largest absolute Gasteiger partial charge is 0.489 e. The molecule has 4 aromatic rings. The van der Waals surface area contributed by atoms with Gasteiger partial charge in [0.15, 0.2) is 5.69 Å². The molecule has 8 nitrogen and oxygen atoms in total. The number of fused-ring (bicyclic) bond motifs is 2. The summed E-state index contributed by atoms with van der Waals surface area (Å²) < 4.78 is 46.6. The molecule has 0 saturated carbocycles. The van der Waals surface area contributed by atoms with E-state index in [4.69, 9.17) is 16.3 Å². The lowest BCUT2D eigenvalue weighted by molar-refractivity contribution is -0.141. The second-order valence-electron chi connectivity index (χ2n) is 10.1. The van der Waals surface area contributed by atoms with E-state index in [0.29, 0.717) is 40.7 Å². The Morgan fingerprint density at radius 3 is 2.60 bits per heavy atom. The number of carbonyl (C=O) groups excluding carboxylic acids is 2. The summed E-state index contributed by atoms with van der Waals surface area (Å²) in [5.41, 5.74) is 1.70. The number of rotatable bonds is 3. The average molecular weight is 606 g/mol. The van der Waals surface area contributed by atoms with Gasteiger partial charge >= 0.3 is 6.18 Å². The number of likely N-dealkylation sites (N-methyl/N-ethyl adjacent to an activating group) is 1. The number of benzene rings is 2. The second-order valence-corrected chi connectivity index (χ2v) is 10.4. The zero-order valence-electron chi connectivity index (χ0n) is 22.7. The summed E-state index contributed by atoms with van der Waals surface area (Å²) in [5, 5.41) is 4.90. The van der Waals surface area contributed by atoms with Crippen molar-refractivity contribution in [1.82, 2.24) is 19.7 Å². The highest BCUT2D eigenvalue weighted by atomic mass is 35.5. The molecule has 2 aromatic heterocycles. The molecule has 43 heavy (non-hydrogen) atoms. The zero-order chi connectivity index (χ0) is 30.3. The van der Waals surface area contributed by atoms with Gasteiger partial charge in [0.2, 0.25) is 0 Å². The van der Waals surface area contributed by atoms with E-state index in [-0.39, 0.29) is 30.4 Å². The number of hydrogen-bond acceptors (Lipinski definition) is 5. The molecule has 0 N–H and O–H groups in total. The summed E-state index contributed by atoms with van der Waals surface area (Å²) in [5.74, 6) is 5.05. The van der Waals surface area contributed by atoms with Crippen molar-refractivity contribution in [3.8, 4) is 17.6 Å². The van der Waals surface area contributed by atoms with Crippen molar-refractivity contribution in [2.75, 3.05) is 25.1 Å². The van der Waals surface area contributed by atoms with Crippen molar-refractivity contribution in [2.24, 2.45) is 0 Å². The number of ether oxygens (including phenoxy) is 1. The van der Waals surface area contributed by atoms with E-state index >= 15 is 0 Å². The first-order valence-corrected chi connectivity index (χ1v) is 13.7. The number of anilines is 1. The lowest BCUT2D eigenvalue weighted by atomic mass is 10.0. The van der Waals surface area contributed by atoms with Crippen LogP contribution in [0.3, 0.4) is 0 Å². The lowest BCUT2D eigenvalue weighted by Gasteiger charge is -2.33. The van der Waals surface area contributed by atoms with E-state index in [2.05, 4.69) is 21.9 Å². The molecule has 6 rings (SSSR count). The molecular formula is C31H23ClF3N5O3. The second kappa shape index (κ2) is 11.1. The predicted octanol–water partition coefficient (Wildman–Crippen LogP) is 4.82. The molecule has 0 radical (unpaired) electrons. The lowest BCUT2D eigenvalue weighted by Crippen LogP contribution is -2.54. The van der Waals surface area contributed by atoms with Crippen molar-refractivity contribution in [3.05, 3.63) is 106 Å². The van der Waals surface area contributed by atoms with E-state index in [1.165, 1.54) is 21.9 Å². The van der Waals surface area contributed by atoms with E-state index < -0.39 is 23.8 Å². The molecule has 2 aliphatic rings. The van der Waals surface area contributed by atoms with E-state index in [9.17, 15) is 22.8 Å². The number of aromatic nitrogens is 3. The van der Waals surface area contributed by atoms with Gasteiger partial charge in [-0.05, 0) is 48.2 Å². The van der Waals surface area contributed by atoms with E-state index in [1.54, 1.807) is 29.9 Å². The Morgan fingerprint density at radius 2 is 1.84 bits per heavy atom. The molecule has 1 atom stereocenters. The Hall–Kier alpha value is -4.82. The quantitative estimate of drug-likeness (QED) is 0.313. The summed E-state index contributed by atoms with van der Waals surface area (Å²) in [7, 11) is 1.59. The monoisotopic (exact) mass is 605 g/mol. The minimum Gasteiger partial charge on any atom is -0.489 e. The molecule has 2 amide bonds. The molecule has 12 heteroatoms. The van der Waals surface area contributed by atoms with Crippen LogP contribution >= 0.6 is 11.6 Å². The third-order valence-electron chi connectivity index (χ3n) is 7.31. The fourth-order valence-electron chi connectivity index (χ4n) is 5.09. The average Bonchev–Trinajstić information content (AvgIpc) is 3.25. The zero-order valence-corrected chi connectivity index (χ0v) is 23.5. The van der Waals surface area contributed by atoms with Gasteiger partial charge in [-0.3, -0.25) is 9.59 Å². The molecule has 218 valence electrons. The maximum Gasteiger partial charge on any atom is 0.433 e. The Balaban J connectivity index is 1.22. The van der Waals surface area contributed by atoms with Crippen LogP contribution in [-0.2, 0) is 23.9 Å². The van der Waals surface area contributed by atoms with Crippen molar-refractivity contribution < 1.29 is 27.5 Å². The summed E-state index contributed by atoms with van der Waals surface area (Å²) in [6.45, 7) is 0.549. The number of alkyl halides is 3. The van der Waals surface area contributed by atoms with Crippen LogP contribution in [-0.4, -0.2) is 57.7 Å². The van der Waals surface area contributed by atoms with Crippen molar-refractivity contribution >= 4 is 29.1 Å². The third-order valence-corrected chi connectivity index (χ3v) is 7.73. The number of carbonyl (C=O) groups is 2. The summed E-state index contributed by atoms with van der Waals surface area (Å²) in [4.78, 5) is 33.6. The Kier molecular flexibility index (Phi) is 7.31. The normalized spacial score (nSPS) is 16.5. The van der Waals surface area contributed by atoms with Crippen LogP contribution in [0.15, 0.2) is 66.7 Å². The number of nitrogens with zero attached hydrogens (tertiary/aromatic N) is 5. The van der Waals surface area contributed by atoms with Gasteiger partial charge in [0.05, 0.1) is 12.2 Å². The molecule has 2 aliphatic heterocycles. The van der Waals surface area contributed by atoms with Crippen molar-refractivity contribution in [3.63, 3.8) is 0 Å². The number of hydrogen-bond donors (Lipinski definition) is 0. The van der Waals surface area contributed by atoms with Gasteiger partial charge in [-0.2, -0.15) is 18.3 Å². The summed E-state index contributed by atoms with van der Waals surface area (Å²) >= 11 is 6.60. The highest BCUT2D eigenvalue weighted by Gasteiger charge is 2.41. The standard InChI is InChI=1S/C31H23ClF3N5O3/c1-38-23-13-11-19(10-12-21-8-5-9-26(36-21)31(33,34)35)16-25(23)43-18-24(29(38)41)39-15-14-22-27(30(39)42)37-40(28(22)32)17-20-6-3-2-4-7-20/h2-9,11,13,16,24H,14-15,17-18H2,1H3. The number of pyridine rings is 1.